The summed E-state index contributed by atoms with van der Waals surface area (Å²) in [6, 6.07) is 1.60. The second-order valence-electron chi connectivity index (χ2n) is 5.70. The van der Waals surface area contributed by atoms with Gasteiger partial charge in [-0.25, -0.2) is 14.2 Å². The highest BCUT2D eigenvalue weighted by molar-refractivity contribution is 6.31. The molecular formula is C19H18ClFN2O4. The van der Waals surface area contributed by atoms with Crippen molar-refractivity contribution in [3.63, 3.8) is 0 Å². The van der Waals surface area contributed by atoms with E-state index in [1.165, 1.54) is 16.8 Å². The number of aromatic carboxylic acids is 1. The first kappa shape index (κ1) is 20.5. The van der Waals surface area contributed by atoms with Gasteiger partial charge in [-0.3, -0.25) is 4.79 Å². The number of carbonyl (C=O) groups is 1. The van der Waals surface area contributed by atoms with E-state index in [-0.39, 0.29) is 29.1 Å². The Morgan fingerprint density at radius 1 is 1.44 bits per heavy atom. The highest BCUT2D eigenvalue weighted by Gasteiger charge is 2.15. The second-order valence-corrected chi connectivity index (χ2v) is 6.10. The lowest BCUT2D eigenvalue weighted by molar-refractivity contribution is 0.0694. The number of fused-ring (bicyclic) bond motifs is 1. The molecule has 0 aliphatic heterocycles. The molecule has 142 valence electrons. The zero-order valence-electron chi connectivity index (χ0n) is 14.4. The van der Waals surface area contributed by atoms with Gasteiger partial charge < -0.3 is 14.8 Å². The fourth-order valence-corrected chi connectivity index (χ4v) is 2.55. The van der Waals surface area contributed by atoms with E-state index >= 15 is 0 Å². The van der Waals surface area contributed by atoms with Crippen LogP contribution < -0.4 is 5.43 Å². The molecule has 0 bridgehead atoms. The number of halogens is 2. The molecule has 2 N–H and O–H groups in total. The van der Waals surface area contributed by atoms with Crippen LogP contribution in [0.1, 0.15) is 22.3 Å². The molecule has 2 aromatic heterocycles. The number of carboxylic acid groups (broad SMARTS) is 1. The minimum Gasteiger partial charge on any atom is -0.477 e. The van der Waals surface area contributed by atoms with Gasteiger partial charge in [0, 0.05) is 18.9 Å². The van der Waals surface area contributed by atoms with E-state index in [1.54, 1.807) is 24.4 Å². The van der Waals surface area contributed by atoms with Crippen LogP contribution in [0, 0.1) is 0 Å². The first-order valence-electron chi connectivity index (χ1n) is 8.08. The van der Waals surface area contributed by atoms with E-state index in [4.69, 9.17) is 16.7 Å². The fraction of sp³-hybridized carbons (Fsp3) is 0.211. The van der Waals surface area contributed by atoms with E-state index in [0.717, 1.165) is 5.56 Å². The minimum atomic E-state index is -1.33. The van der Waals surface area contributed by atoms with E-state index in [0.29, 0.717) is 18.5 Å². The van der Waals surface area contributed by atoms with E-state index in [2.05, 4.69) is 11.6 Å². The Bertz CT molecular complexity index is 995. The molecule has 2 aromatic rings. The summed E-state index contributed by atoms with van der Waals surface area (Å²) in [7, 11) is 0. The number of aliphatic hydroxyl groups is 1. The van der Waals surface area contributed by atoms with E-state index < -0.39 is 17.2 Å². The second kappa shape index (κ2) is 9.25. The maximum atomic E-state index is 12.7. The van der Waals surface area contributed by atoms with Crippen molar-refractivity contribution in [1.29, 1.82) is 0 Å². The van der Waals surface area contributed by atoms with Gasteiger partial charge in [0.25, 0.3) is 0 Å². The summed E-state index contributed by atoms with van der Waals surface area (Å²) in [5, 5.41) is 18.5. The maximum absolute atomic E-state index is 12.7. The number of carboxylic acids is 1. The molecule has 0 saturated carbocycles. The van der Waals surface area contributed by atoms with Crippen LogP contribution in [0.5, 0.6) is 0 Å². The highest BCUT2D eigenvalue weighted by atomic mass is 35.5. The molecule has 2 rings (SSSR count). The van der Waals surface area contributed by atoms with Crippen LogP contribution in [0.2, 0.25) is 0 Å². The molecule has 2 heterocycles. The van der Waals surface area contributed by atoms with Crippen LogP contribution in [0.25, 0.3) is 11.0 Å². The number of hydrogen-bond donors (Lipinski definition) is 2. The standard InChI is InChI=1S/C19H18ClFN2O4/c1-12(21)16(20)6-4-2-3-5-13-9-14-17(25)15(19(26)27)11-23(7-8-24)18(14)22-10-13/h2,4,6,9-11,24H,1,3,5,7-8H2,(H,26,27)/b4-2-,16-6+. The number of pyridine rings is 2. The molecule has 0 atom stereocenters. The zero-order chi connectivity index (χ0) is 20.0. The van der Waals surface area contributed by atoms with Crippen molar-refractivity contribution in [2.24, 2.45) is 0 Å². The SMILES string of the molecule is C=C(F)/C(Cl)=C\C=C/CCc1cnc2c(c1)c(=O)c(C(=O)O)cn2CCO. The Labute approximate surface area is 159 Å². The summed E-state index contributed by atoms with van der Waals surface area (Å²) in [6.07, 6.45) is 8.65. The monoisotopic (exact) mass is 392 g/mol. The molecular weight excluding hydrogens is 375 g/mol. The van der Waals surface area contributed by atoms with Crippen LogP contribution in [-0.4, -0.2) is 32.3 Å². The summed E-state index contributed by atoms with van der Waals surface area (Å²) in [5.41, 5.74) is 0.0654. The number of hydrogen-bond acceptors (Lipinski definition) is 4. The topological polar surface area (TPSA) is 92.4 Å². The molecule has 0 spiro atoms. The van der Waals surface area contributed by atoms with Crippen molar-refractivity contribution in [2.45, 2.75) is 19.4 Å². The van der Waals surface area contributed by atoms with Crippen LogP contribution >= 0.6 is 11.6 Å². The van der Waals surface area contributed by atoms with Gasteiger partial charge in [0.15, 0.2) is 0 Å². The van der Waals surface area contributed by atoms with Crippen molar-refractivity contribution in [3.05, 3.63) is 75.5 Å². The third kappa shape index (κ3) is 5.12. The van der Waals surface area contributed by atoms with Gasteiger partial charge in [-0.1, -0.05) is 30.3 Å². The van der Waals surface area contributed by atoms with Crippen molar-refractivity contribution in [3.8, 4) is 0 Å². The van der Waals surface area contributed by atoms with Crippen LogP contribution in [0.3, 0.4) is 0 Å². The van der Waals surface area contributed by atoms with Gasteiger partial charge in [-0.05, 0) is 30.5 Å². The van der Waals surface area contributed by atoms with Gasteiger partial charge >= 0.3 is 5.97 Å². The minimum absolute atomic E-state index is 0.0794. The zero-order valence-corrected chi connectivity index (χ0v) is 15.1. The van der Waals surface area contributed by atoms with Crippen LogP contribution in [0.15, 0.2) is 58.9 Å². The Kier molecular flexibility index (Phi) is 7.04. The Morgan fingerprint density at radius 3 is 2.81 bits per heavy atom. The lowest BCUT2D eigenvalue weighted by Gasteiger charge is -2.11. The van der Waals surface area contributed by atoms with E-state index in [1.807, 2.05) is 0 Å². The predicted octanol–water partition coefficient (Wildman–Crippen LogP) is 3.18. The summed E-state index contributed by atoms with van der Waals surface area (Å²) >= 11 is 5.60. The molecule has 0 amide bonds. The third-order valence-electron chi connectivity index (χ3n) is 3.78. The van der Waals surface area contributed by atoms with Crippen molar-refractivity contribution < 1.29 is 19.4 Å². The van der Waals surface area contributed by atoms with Crippen molar-refractivity contribution in [1.82, 2.24) is 9.55 Å². The number of nitrogens with zero attached hydrogens (tertiary/aromatic N) is 2. The quantitative estimate of drug-likeness (QED) is 0.673. The smallest absolute Gasteiger partial charge is 0.341 e. The van der Waals surface area contributed by atoms with Gasteiger partial charge in [0.05, 0.1) is 17.0 Å². The molecule has 0 fully saturated rings. The Balaban J connectivity index is 2.30. The lowest BCUT2D eigenvalue weighted by Crippen LogP contribution is -2.20. The molecule has 6 nitrogen and oxygen atoms in total. The van der Waals surface area contributed by atoms with Gasteiger partial charge in [-0.2, -0.15) is 0 Å². The molecule has 0 unspecified atom stereocenters. The summed E-state index contributed by atoms with van der Waals surface area (Å²) < 4.78 is 14.2. The molecule has 0 aliphatic rings. The largest absolute Gasteiger partial charge is 0.477 e. The van der Waals surface area contributed by atoms with Crippen LogP contribution in [0.4, 0.5) is 4.39 Å². The average molecular weight is 393 g/mol. The first-order valence-corrected chi connectivity index (χ1v) is 8.46. The number of allylic oxidation sites excluding steroid dienone is 5. The van der Waals surface area contributed by atoms with Crippen molar-refractivity contribution in [2.75, 3.05) is 6.61 Å². The predicted molar refractivity (Wildman–Crippen MR) is 102 cm³/mol. The number of aliphatic hydroxyl groups excluding tert-OH is 1. The molecule has 8 heteroatoms. The lowest BCUT2D eigenvalue weighted by atomic mass is 10.1. The van der Waals surface area contributed by atoms with E-state index in [9.17, 15) is 19.1 Å². The average Bonchev–Trinajstić information content (AvgIpc) is 2.63. The number of aryl methyl sites for hydroxylation is 1. The van der Waals surface area contributed by atoms with Gasteiger partial charge in [0.1, 0.15) is 17.0 Å². The van der Waals surface area contributed by atoms with Crippen molar-refractivity contribution >= 4 is 28.6 Å². The summed E-state index contributed by atoms with van der Waals surface area (Å²) in [5.74, 6) is -2.05. The molecule has 0 aliphatic carbocycles. The third-order valence-corrected chi connectivity index (χ3v) is 4.11. The van der Waals surface area contributed by atoms with Crippen LogP contribution in [-0.2, 0) is 13.0 Å². The molecule has 0 saturated heterocycles. The molecule has 27 heavy (non-hydrogen) atoms. The Morgan fingerprint density at radius 2 is 2.19 bits per heavy atom. The summed E-state index contributed by atoms with van der Waals surface area (Å²) in [6.45, 7) is 2.99. The number of rotatable bonds is 8. The normalized spacial score (nSPS) is 12.0. The molecule has 0 radical (unpaired) electrons. The van der Waals surface area contributed by atoms with Gasteiger partial charge in [0.2, 0.25) is 5.43 Å². The maximum Gasteiger partial charge on any atom is 0.341 e. The fourth-order valence-electron chi connectivity index (χ4n) is 2.47. The molecule has 0 aromatic carbocycles. The Hall–Kier alpha value is -2.77. The number of aromatic nitrogens is 2. The first-order chi connectivity index (χ1) is 12.8. The summed E-state index contributed by atoms with van der Waals surface area (Å²) in [4.78, 5) is 28.0. The highest BCUT2D eigenvalue weighted by Crippen LogP contribution is 2.15. The van der Waals surface area contributed by atoms with Gasteiger partial charge in [-0.15, -0.1) is 0 Å².